The molecule has 12 heteroatoms. The summed E-state index contributed by atoms with van der Waals surface area (Å²) in [4.78, 5) is 48.3. The fourth-order valence-electron chi connectivity index (χ4n) is 4.59. The molecule has 0 saturated carbocycles. The van der Waals surface area contributed by atoms with Gasteiger partial charge in [-0.1, -0.05) is 54.6 Å². The predicted octanol–water partition coefficient (Wildman–Crippen LogP) is 3.19. The van der Waals surface area contributed by atoms with Crippen LogP contribution >= 0.6 is 0 Å². The molecule has 1 saturated heterocycles. The van der Waals surface area contributed by atoms with Gasteiger partial charge >= 0.3 is 17.9 Å². The van der Waals surface area contributed by atoms with Gasteiger partial charge in [0.2, 0.25) is 0 Å². The summed E-state index contributed by atoms with van der Waals surface area (Å²) >= 11 is 0. The number of esters is 3. The number of benzene rings is 3. The van der Waals surface area contributed by atoms with Crippen LogP contribution in [0.25, 0.3) is 5.78 Å². The number of nitrogens with zero attached hydrogens (tertiary/aromatic N) is 4. The van der Waals surface area contributed by atoms with E-state index < -0.39 is 48.6 Å². The minimum atomic E-state index is -1.84. The van der Waals surface area contributed by atoms with Gasteiger partial charge in [-0.2, -0.15) is 4.98 Å². The van der Waals surface area contributed by atoms with Gasteiger partial charge in [-0.15, -0.1) is 5.10 Å². The molecule has 1 aliphatic rings. The smallest absolute Gasteiger partial charge is 0.338 e. The lowest BCUT2D eigenvalue weighted by molar-refractivity contribution is -0.283. The molecule has 5 atom stereocenters. The Bertz CT molecular complexity index is 1700. The summed E-state index contributed by atoms with van der Waals surface area (Å²) in [5.41, 5.74) is 0.551. The average Bonchev–Trinajstić information content (AvgIpc) is 3.49. The quantitative estimate of drug-likeness (QED) is 0.223. The van der Waals surface area contributed by atoms with Crippen LogP contribution < -0.4 is 0 Å². The molecule has 1 N–H and O–H groups in total. The van der Waals surface area contributed by atoms with Gasteiger partial charge in [0.05, 0.1) is 16.7 Å². The molecule has 12 nitrogen and oxygen atoms in total. The van der Waals surface area contributed by atoms with Gasteiger partial charge in [0.25, 0.3) is 5.78 Å². The number of carbonyl (C=O) groups excluding carboxylic acids is 3. The molecule has 3 aromatic carbocycles. The molecule has 1 unspecified atom stereocenters. The van der Waals surface area contributed by atoms with Crippen molar-refractivity contribution >= 4 is 23.7 Å². The highest BCUT2D eigenvalue weighted by Gasteiger charge is 2.54. The van der Waals surface area contributed by atoms with E-state index in [0.717, 1.165) is 0 Å². The second-order valence-electron chi connectivity index (χ2n) is 9.49. The highest BCUT2D eigenvalue weighted by molar-refractivity contribution is 5.91. The molecule has 0 aliphatic carbocycles. The number of aliphatic hydroxyl groups is 1. The number of ether oxygens (including phenoxy) is 4. The Kier molecular flexibility index (Phi) is 7.85. The monoisotopic (exact) mass is 580 g/mol. The Morgan fingerprint density at radius 2 is 1.16 bits per heavy atom. The number of carbonyl (C=O) groups is 3. The first-order valence-corrected chi connectivity index (χ1v) is 13.3. The number of aliphatic hydroxyl groups excluding tert-OH is 1. The minimum absolute atomic E-state index is 0.0165. The van der Waals surface area contributed by atoms with Gasteiger partial charge in [0.15, 0.2) is 36.5 Å². The summed E-state index contributed by atoms with van der Waals surface area (Å²) in [6, 6.07) is 25.9. The highest BCUT2D eigenvalue weighted by Crippen LogP contribution is 2.36. The zero-order valence-electron chi connectivity index (χ0n) is 22.4. The van der Waals surface area contributed by atoms with Crippen LogP contribution in [0.15, 0.2) is 109 Å². The van der Waals surface area contributed by atoms with E-state index in [1.54, 1.807) is 79.0 Å². The van der Waals surface area contributed by atoms with Crippen LogP contribution in [0.4, 0.5) is 0 Å². The average molecular weight is 581 g/mol. The number of rotatable bonds is 7. The van der Waals surface area contributed by atoms with Gasteiger partial charge in [-0.05, 0) is 42.5 Å². The van der Waals surface area contributed by atoms with Gasteiger partial charge in [0, 0.05) is 12.4 Å². The van der Waals surface area contributed by atoms with E-state index in [4.69, 9.17) is 18.9 Å². The lowest BCUT2D eigenvalue weighted by atomic mass is 9.97. The van der Waals surface area contributed by atoms with E-state index in [9.17, 15) is 19.5 Å². The fraction of sp³-hybridized carbons (Fsp3) is 0.161. The SMILES string of the molecule is O=C(O[C@@H]1[C@@H](OC(=O)c2ccccc2)[C@H](OC(=O)c2ccccc2)C(c2nc3ncccn3n2)O[C@H]1O)c1ccccc1. The topological polar surface area (TPSA) is 151 Å². The molecule has 5 aromatic rings. The predicted molar refractivity (Wildman–Crippen MR) is 148 cm³/mol. The van der Waals surface area contributed by atoms with Crippen LogP contribution in [0.2, 0.25) is 0 Å². The molecule has 0 amide bonds. The summed E-state index contributed by atoms with van der Waals surface area (Å²) in [5.74, 6) is -2.23. The van der Waals surface area contributed by atoms with E-state index in [1.165, 1.54) is 35.0 Å². The molecule has 43 heavy (non-hydrogen) atoms. The maximum atomic E-state index is 13.3. The molecule has 1 aliphatic heterocycles. The molecule has 3 heterocycles. The molecule has 216 valence electrons. The Morgan fingerprint density at radius 3 is 1.67 bits per heavy atom. The van der Waals surface area contributed by atoms with Gasteiger partial charge < -0.3 is 24.1 Å². The number of aromatic nitrogens is 4. The number of hydrogen-bond acceptors (Lipinski definition) is 11. The van der Waals surface area contributed by atoms with Crippen LogP contribution in [-0.4, -0.2) is 67.2 Å². The molecule has 0 bridgehead atoms. The molecule has 0 spiro atoms. The van der Waals surface area contributed by atoms with Crippen LogP contribution in [0.3, 0.4) is 0 Å². The first kappa shape index (κ1) is 27.7. The van der Waals surface area contributed by atoms with Crippen LogP contribution in [0.5, 0.6) is 0 Å². The lowest BCUT2D eigenvalue weighted by Crippen LogP contribution is -2.58. The van der Waals surface area contributed by atoms with Crippen molar-refractivity contribution < 1.29 is 38.4 Å². The summed E-state index contributed by atoms with van der Waals surface area (Å²) in [7, 11) is 0. The summed E-state index contributed by atoms with van der Waals surface area (Å²) in [6.07, 6.45) is -4.72. The minimum Gasteiger partial charge on any atom is -0.451 e. The van der Waals surface area contributed by atoms with Crippen molar-refractivity contribution in [3.63, 3.8) is 0 Å². The van der Waals surface area contributed by atoms with E-state index in [0.29, 0.717) is 0 Å². The first-order chi connectivity index (χ1) is 21.0. The van der Waals surface area contributed by atoms with Gasteiger partial charge in [0.1, 0.15) is 0 Å². The normalized spacial score (nSPS) is 21.6. The van der Waals surface area contributed by atoms with Crippen LogP contribution in [0, 0.1) is 0 Å². The zero-order chi connectivity index (χ0) is 29.8. The van der Waals surface area contributed by atoms with Crippen molar-refractivity contribution in [3.05, 3.63) is 132 Å². The maximum absolute atomic E-state index is 13.3. The Balaban J connectivity index is 1.42. The van der Waals surface area contributed by atoms with Crippen molar-refractivity contribution in [2.75, 3.05) is 0 Å². The second kappa shape index (κ2) is 12.2. The van der Waals surface area contributed by atoms with Crippen molar-refractivity contribution in [1.29, 1.82) is 0 Å². The molecular weight excluding hydrogens is 556 g/mol. The molecular formula is C31H24N4O8. The largest absolute Gasteiger partial charge is 0.451 e. The Labute approximate surface area is 244 Å². The van der Waals surface area contributed by atoms with Crippen LogP contribution in [-0.2, 0) is 18.9 Å². The van der Waals surface area contributed by atoms with Crippen molar-refractivity contribution in [3.8, 4) is 0 Å². The molecule has 2 aromatic heterocycles. The summed E-state index contributed by atoms with van der Waals surface area (Å²) in [5, 5.41) is 15.6. The zero-order valence-corrected chi connectivity index (χ0v) is 22.4. The molecule has 6 rings (SSSR count). The first-order valence-electron chi connectivity index (χ1n) is 13.3. The third kappa shape index (κ3) is 5.96. The van der Waals surface area contributed by atoms with E-state index in [2.05, 4.69) is 15.1 Å². The summed E-state index contributed by atoms with van der Waals surface area (Å²) in [6.45, 7) is 0. The van der Waals surface area contributed by atoms with Crippen molar-refractivity contribution in [2.45, 2.75) is 30.7 Å². The van der Waals surface area contributed by atoms with Crippen molar-refractivity contribution in [2.24, 2.45) is 0 Å². The molecule has 0 radical (unpaired) electrons. The number of hydrogen-bond donors (Lipinski definition) is 1. The van der Waals surface area contributed by atoms with E-state index in [1.807, 2.05) is 0 Å². The van der Waals surface area contributed by atoms with Gasteiger partial charge in [-0.3, -0.25) is 0 Å². The molecule has 1 fully saturated rings. The van der Waals surface area contributed by atoms with E-state index >= 15 is 0 Å². The maximum Gasteiger partial charge on any atom is 0.338 e. The van der Waals surface area contributed by atoms with E-state index in [-0.39, 0.29) is 28.3 Å². The fourth-order valence-corrected chi connectivity index (χ4v) is 4.59. The number of fused-ring (bicyclic) bond motifs is 1. The Morgan fingerprint density at radius 1 is 0.674 bits per heavy atom. The third-order valence-corrected chi connectivity index (χ3v) is 6.66. The standard InChI is InChI=1S/C31H24N4O8/c36-27(19-11-4-1-5-12-19)40-22-23(41-28(37)20-13-6-2-7-14-20)25(43-29(38)21-15-8-3-9-16-21)30(39)42-24(22)26-33-31-32-17-10-18-35(31)34-26/h1-18,22-25,30,39H/t22-,23-,24?,25+,30+/m0/s1. The van der Waals surface area contributed by atoms with Gasteiger partial charge in [-0.25, -0.2) is 23.9 Å². The van der Waals surface area contributed by atoms with Crippen molar-refractivity contribution in [1.82, 2.24) is 19.6 Å². The highest BCUT2D eigenvalue weighted by atomic mass is 16.7. The third-order valence-electron chi connectivity index (χ3n) is 6.66. The Hall–Kier alpha value is -5.46. The second-order valence-corrected chi connectivity index (χ2v) is 9.49. The summed E-state index contributed by atoms with van der Waals surface area (Å²) < 4.78 is 24.7. The lowest BCUT2D eigenvalue weighted by Gasteiger charge is -2.42. The van der Waals surface area contributed by atoms with Crippen LogP contribution in [0.1, 0.15) is 43.0 Å².